The van der Waals surface area contributed by atoms with Gasteiger partial charge in [-0.05, 0) is 18.8 Å². The van der Waals surface area contributed by atoms with Gasteiger partial charge in [-0.1, -0.05) is 6.92 Å². The van der Waals surface area contributed by atoms with E-state index in [1.807, 2.05) is 6.92 Å². The first-order chi connectivity index (χ1) is 9.04. The Morgan fingerprint density at radius 3 is 2.95 bits per heavy atom. The van der Waals surface area contributed by atoms with Crippen molar-refractivity contribution in [2.75, 3.05) is 18.8 Å². The number of aromatic nitrogens is 2. The lowest BCUT2D eigenvalue weighted by atomic mass is 10.4. The average molecular weight is 300 g/mol. The second kappa shape index (κ2) is 4.46. The van der Waals surface area contributed by atoms with E-state index < -0.39 is 10.0 Å². The Morgan fingerprint density at radius 1 is 1.58 bits per heavy atom. The number of nitrogens with two attached hydrogens (primary N) is 1. The fourth-order valence-corrected chi connectivity index (χ4v) is 4.62. The molecule has 2 aromatic heterocycles. The first-order valence-corrected chi connectivity index (χ1v) is 8.57. The molecular weight excluding hydrogens is 284 g/mol. The van der Waals surface area contributed by atoms with Gasteiger partial charge in [0.1, 0.15) is 0 Å². The maximum Gasteiger partial charge on any atom is 0.262 e. The highest BCUT2D eigenvalue weighted by Crippen LogP contribution is 2.33. The van der Waals surface area contributed by atoms with E-state index in [2.05, 4.69) is 4.98 Å². The smallest absolute Gasteiger partial charge is 0.262 e. The summed E-state index contributed by atoms with van der Waals surface area (Å²) in [7, 11) is -3.57. The van der Waals surface area contributed by atoms with Gasteiger partial charge in [0.05, 0.1) is 0 Å². The first-order valence-electron chi connectivity index (χ1n) is 6.25. The number of fused-ring (bicyclic) bond motifs is 1. The lowest BCUT2D eigenvalue weighted by molar-refractivity contribution is 0.410. The normalized spacial score (nSPS) is 16.5. The van der Waals surface area contributed by atoms with Gasteiger partial charge in [0.15, 0.2) is 15.8 Å². The number of rotatable bonds is 5. The molecule has 2 N–H and O–H groups in total. The van der Waals surface area contributed by atoms with Crippen LogP contribution in [-0.4, -0.2) is 35.2 Å². The minimum Gasteiger partial charge on any atom is -0.381 e. The van der Waals surface area contributed by atoms with Crippen LogP contribution in [0.5, 0.6) is 0 Å². The summed E-state index contributed by atoms with van der Waals surface area (Å²) in [5, 5.41) is 1.91. The lowest BCUT2D eigenvalue weighted by Crippen LogP contribution is -2.33. The van der Waals surface area contributed by atoms with Gasteiger partial charge in [0, 0.05) is 24.7 Å². The van der Waals surface area contributed by atoms with Gasteiger partial charge in [-0.2, -0.15) is 4.31 Å². The van der Waals surface area contributed by atoms with Crippen LogP contribution in [0.2, 0.25) is 0 Å². The molecule has 0 amide bonds. The van der Waals surface area contributed by atoms with Crippen LogP contribution in [-0.2, 0) is 10.0 Å². The molecular formula is C11H16N4O2S2. The zero-order valence-corrected chi connectivity index (χ0v) is 12.2. The zero-order valence-electron chi connectivity index (χ0n) is 10.6. The van der Waals surface area contributed by atoms with Crippen molar-refractivity contribution in [3.8, 4) is 0 Å². The number of nitrogens with zero attached hydrogens (tertiary/aromatic N) is 3. The largest absolute Gasteiger partial charge is 0.381 e. The maximum atomic E-state index is 12.7. The van der Waals surface area contributed by atoms with Crippen LogP contribution < -0.4 is 5.73 Å². The third kappa shape index (κ3) is 2.13. The Hall–Kier alpha value is -1.12. The molecule has 0 radical (unpaired) electrons. The van der Waals surface area contributed by atoms with Crippen LogP contribution in [0.1, 0.15) is 19.8 Å². The average Bonchev–Trinajstić information content (AvgIpc) is 2.97. The molecule has 2 aromatic rings. The molecule has 1 aliphatic carbocycles. The molecule has 6 nitrogen and oxygen atoms in total. The number of hydrogen-bond acceptors (Lipinski definition) is 5. The van der Waals surface area contributed by atoms with E-state index in [0.717, 1.165) is 12.8 Å². The van der Waals surface area contributed by atoms with Crippen LogP contribution in [0.15, 0.2) is 16.6 Å². The molecule has 0 aliphatic heterocycles. The second-order valence-electron chi connectivity index (χ2n) is 4.76. The molecule has 0 saturated heterocycles. The molecule has 1 fully saturated rings. The Morgan fingerprint density at radius 2 is 2.32 bits per heavy atom. The molecule has 8 heteroatoms. The van der Waals surface area contributed by atoms with E-state index in [9.17, 15) is 8.42 Å². The molecule has 1 saturated carbocycles. The van der Waals surface area contributed by atoms with Gasteiger partial charge in [-0.15, -0.1) is 11.3 Å². The van der Waals surface area contributed by atoms with Gasteiger partial charge in [-0.25, -0.2) is 13.4 Å². The summed E-state index contributed by atoms with van der Waals surface area (Å²) in [5.41, 5.74) is 5.79. The molecule has 104 valence electrons. The van der Waals surface area contributed by atoms with Crippen molar-refractivity contribution in [2.24, 2.45) is 5.92 Å². The lowest BCUT2D eigenvalue weighted by Gasteiger charge is -2.19. The Balaban J connectivity index is 2.06. The Bertz CT molecular complexity index is 699. The molecule has 19 heavy (non-hydrogen) atoms. The highest BCUT2D eigenvalue weighted by Gasteiger charge is 2.34. The minimum absolute atomic E-state index is 0.0843. The highest BCUT2D eigenvalue weighted by molar-refractivity contribution is 7.89. The van der Waals surface area contributed by atoms with Crippen molar-refractivity contribution in [2.45, 2.75) is 24.8 Å². The Kier molecular flexibility index (Phi) is 3.03. The van der Waals surface area contributed by atoms with Gasteiger partial charge in [-0.3, -0.25) is 4.40 Å². The van der Waals surface area contributed by atoms with Crippen LogP contribution in [0.25, 0.3) is 4.96 Å². The summed E-state index contributed by atoms with van der Waals surface area (Å²) < 4.78 is 28.5. The summed E-state index contributed by atoms with van der Waals surface area (Å²) in [6.07, 6.45) is 3.92. The van der Waals surface area contributed by atoms with E-state index >= 15 is 0 Å². The number of thiazole rings is 1. The second-order valence-corrected chi connectivity index (χ2v) is 7.48. The predicted molar refractivity (Wildman–Crippen MR) is 74.6 cm³/mol. The highest BCUT2D eigenvalue weighted by atomic mass is 32.2. The van der Waals surface area contributed by atoms with Crippen LogP contribution in [0.4, 0.5) is 5.82 Å². The zero-order chi connectivity index (χ0) is 13.6. The number of hydrogen-bond donors (Lipinski definition) is 1. The molecule has 3 rings (SSSR count). The maximum absolute atomic E-state index is 12.7. The third-order valence-corrected chi connectivity index (χ3v) is 6.08. The van der Waals surface area contributed by atoms with Crippen molar-refractivity contribution >= 4 is 32.1 Å². The van der Waals surface area contributed by atoms with E-state index in [1.165, 1.54) is 15.6 Å². The molecule has 0 bridgehead atoms. The van der Waals surface area contributed by atoms with Gasteiger partial charge in [0.2, 0.25) is 0 Å². The minimum atomic E-state index is -3.57. The van der Waals surface area contributed by atoms with E-state index in [1.54, 1.807) is 16.0 Å². The predicted octanol–water partition coefficient (Wildman–Crippen LogP) is 1.40. The van der Waals surface area contributed by atoms with E-state index in [4.69, 9.17) is 5.73 Å². The fourth-order valence-electron chi connectivity index (χ4n) is 2.15. The standard InChI is InChI=1S/C11H16N4O2S2/c1-2-14(7-8-3-4-8)19(16,17)10-9(12)13-11-15(10)5-6-18-11/h5-6,8H,2-4,7,12H2,1H3. The SMILES string of the molecule is CCN(CC1CC1)S(=O)(=O)c1c(N)nc2sccn12. The molecule has 0 aromatic carbocycles. The number of imidazole rings is 1. The van der Waals surface area contributed by atoms with Crippen molar-refractivity contribution in [3.63, 3.8) is 0 Å². The van der Waals surface area contributed by atoms with Gasteiger partial charge < -0.3 is 5.73 Å². The Labute approximate surface area is 115 Å². The quantitative estimate of drug-likeness (QED) is 0.905. The van der Waals surface area contributed by atoms with E-state index in [-0.39, 0.29) is 10.8 Å². The van der Waals surface area contributed by atoms with Crippen molar-refractivity contribution in [1.82, 2.24) is 13.7 Å². The number of anilines is 1. The molecule has 0 spiro atoms. The molecule has 2 heterocycles. The van der Waals surface area contributed by atoms with E-state index in [0.29, 0.717) is 24.0 Å². The van der Waals surface area contributed by atoms with Crippen molar-refractivity contribution in [1.29, 1.82) is 0 Å². The molecule has 0 atom stereocenters. The summed E-state index contributed by atoms with van der Waals surface area (Å²) >= 11 is 1.37. The fraction of sp³-hybridized carbons (Fsp3) is 0.545. The molecule has 1 aliphatic rings. The van der Waals surface area contributed by atoms with Crippen LogP contribution >= 0.6 is 11.3 Å². The van der Waals surface area contributed by atoms with Crippen molar-refractivity contribution in [3.05, 3.63) is 11.6 Å². The summed E-state index contributed by atoms with van der Waals surface area (Å²) in [4.78, 5) is 4.71. The summed E-state index contributed by atoms with van der Waals surface area (Å²) in [5.74, 6) is 0.586. The monoisotopic (exact) mass is 300 g/mol. The van der Waals surface area contributed by atoms with Gasteiger partial charge in [0.25, 0.3) is 10.0 Å². The topological polar surface area (TPSA) is 80.7 Å². The number of sulfonamides is 1. The third-order valence-electron chi connectivity index (χ3n) is 3.34. The van der Waals surface area contributed by atoms with Crippen molar-refractivity contribution < 1.29 is 8.42 Å². The first kappa shape index (κ1) is 12.9. The summed E-state index contributed by atoms with van der Waals surface area (Å²) in [6, 6.07) is 0. The van der Waals surface area contributed by atoms with Crippen LogP contribution in [0.3, 0.4) is 0 Å². The molecule has 0 unspecified atom stereocenters. The number of nitrogen functional groups attached to an aromatic ring is 1. The van der Waals surface area contributed by atoms with Crippen LogP contribution in [0, 0.1) is 5.92 Å². The van der Waals surface area contributed by atoms with Gasteiger partial charge >= 0.3 is 0 Å². The summed E-state index contributed by atoms with van der Waals surface area (Å²) in [6.45, 7) is 2.88.